The predicted molar refractivity (Wildman–Crippen MR) is 89.2 cm³/mol. The van der Waals surface area contributed by atoms with Gasteiger partial charge in [0.15, 0.2) is 5.96 Å². The number of hydrogen-bond acceptors (Lipinski definition) is 3. The van der Waals surface area contributed by atoms with E-state index < -0.39 is 0 Å². The van der Waals surface area contributed by atoms with Crippen LogP contribution in [-0.2, 0) is 4.74 Å². The van der Waals surface area contributed by atoms with Crippen LogP contribution in [-0.4, -0.2) is 50.0 Å². The molecule has 1 aliphatic rings. The highest BCUT2D eigenvalue weighted by molar-refractivity contribution is 5.79. The number of rotatable bonds is 7. The van der Waals surface area contributed by atoms with Gasteiger partial charge in [0, 0.05) is 25.6 Å². The normalized spacial score (nSPS) is 19.9. The number of aliphatic hydroxyl groups is 1. The number of aliphatic imine (C=N–C) groups is 1. The summed E-state index contributed by atoms with van der Waals surface area (Å²) >= 11 is 0. The van der Waals surface area contributed by atoms with Crippen molar-refractivity contribution in [2.75, 3.05) is 32.8 Å². The topological polar surface area (TPSA) is 65.9 Å². The average molecular weight is 305 g/mol. The van der Waals surface area contributed by atoms with E-state index in [0.717, 1.165) is 44.1 Å². The first-order valence-electron chi connectivity index (χ1n) is 8.13. The van der Waals surface area contributed by atoms with Gasteiger partial charge in [-0.05, 0) is 25.3 Å². The van der Waals surface area contributed by atoms with Gasteiger partial charge in [-0.25, -0.2) is 0 Å². The molecule has 0 bridgehead atoms. The van der Waals surface area contributed by atoms with Crippen LogP contribution in [0.25, 0.3) is 0 Å². The number of benzene rings is 1. The molecule has 2 unspecified atom stereocenters. The van der Waals surface area contributed by atoms with Crippen molar-refractivity contribution in [3.05, 3.63) is 35.9 Å². The first-order chi connectivity index (χ1) is 10.8. The average Bonchev–Trinajstić information content (AvgIpc) is 3.07. The number of hydrogen-bond donors (Lipinski definition) is 3. The second kappa shape index (κ2) is 9.43. The number of ether oxygens (including phenoxy) is 1. The van der Waals surface area contributed by atoms with E-state index >= 15 is 0 Å². The van der Waals surface area contributed by atoms with Gasteiger partial charge in [0.1, 0.15) is 0 Å². The van der Waals surface area contributed by atoms with Crippen LogP contribution in [0.4, 0.5) is 0 Å². The van der Waals surface area contributed by atoms with E-state index in [-0.39, 0.29) is 18.6 Å². The van der Waals surface area contributed by atoms with Crippen LogP contribution in [0.5, 0.6) is 0 Å². The van der Waals surface area contributed by atoms with Crippen molar-refractivity contribution in [2.24, 2.45) is 4.99 Å². The van der Waals surface area contributed by atoms with Crippen molar-refractivity contribution in [3.63, 3.8) is 0 Å². The Morgan fingerprint density at radius 3 is 2.82 bits per heavy atom. The Kier molecular flexibility index (Phi) is 7.19. The predicted octanol–water partition coefficient (Wildman–Crippen LogP) is 1.50. The molecule has 0 spiro atoms. The molecule has 122 valence electrons. The van der Waals surface area contributed by atoms with Crippen LogP contribution in [0.3, 0.4) is 0 Å². The monoisotopic (exact) mass is 305 g/mol. The van der Waals surface area contributed by atoms with Gasteiger partial charge in [-0.3, -0.25) is 4.99 Å². The lowest BCUT2D eigenvalue weighted by Crippen LogP contribution is -2.41. The van der Waals surface area contributed by atoms with Crippen molar-refractivity contribution in [1.29, 1.82) is 0 Å². The molecule has 0 amide bonds. The van der Waals surface area contributed by atoms with Crippen molar-refractivity contribution in [2.45, 2.75) is 31.8 Å². The molecule has 0 saturated carbocycles. The van der Waals surface area contributed by atoms with E-state index in [1.54, 1.807) is 0 Å². The summed E-state index contributed by atoms with van der Waals surface area (Å²) in [6.45, 7) is 5.15. The quantitative estimate of drug-likeness (QED) is 0.527. The van der Waals surface area contributed by atoms with Crippen molar-refractivity contribution in [3.8, 4) is 0 Å². The van der Waals surface area contributed by atoms with E-state index in [0.29, 0.717) is 6.54 Å². The maximum absolute atomic E-state index is 9.59. The minimum Gasteiger partial charge on any atom is -0.396 e. The van der Waals surface area contributed by atoms with Crippen LogP contribution < -0.4 is 10.6 Å². The van der Waals surface area contributed by atoms with Crippen molar-refractivity contribution >= 4 is 5.96 Å². The summed E-state index contributed by atoms with van der Waals surface area (Å²) in [4.78, 5) is 4.60. The van der Waals surface area contributed by atoms with E-state index in [1.165, 1.54) is 0 Å². The molecule has 0 aliphatic carbocycles. The van der Waals surface area contributed by atoms with Crippen LogP contribution >= 0.6 is 0 Å². The van der Waals surface area contributed by atoms with Crippen LogP contribution in [0.15, 0.2) is 35.3 Å². The SMILES string of the molecule is CCNC(=NCC(CO)c1ccccc1)NCC1CCCO1. The zero-order valence-electron chi connectivity index (χ0n) is 13.3. The number of aliphatic hydroxyl groups excluding tert-OH is 1. The third kappa shape index (κ3) is 5.31. The highest BCUT2D eigenvalue weighted by Gasteiger charge is 2.16. The fourth-order valence-corrected chi connectivity index (χ4v) is 2.55. The van der Waals surface area contributed by atoms with Gasteiger partial charge in [0.25, 0.3) is 0 Å². The van der Waals surface area contributed by atoms with Crippen LogP contribution in [0, 0.1) is 0 Å². The summed E-state index contributed by atoms with van der Waals surface area (Å²) in [6, 6.07) is 10.0. The standard InChI is InChI=1S/C17H27N3O2/c1-2-18-17(20-12-16-9-6-10-22-16)19-11-15(13-21)14-7-4-3-5-8-14/h3-5,7-8,15-16,21H,2,6,9-13H2,1H3,(H2,18,19,20). The summed E-state index contributed by atoms with van der Waals surface area (Å²) < 4.78 is 5.61. The van der Waals surface area contributed by atoms with Gasteiger partial charge < -0.3 is 20.5 Å². The van der Waals surface area contributed by atoms with Gasteiger partial charge in [0.2, 0.25) is 0 Å². The van der Waals surface area contributed by atoms with Crippen LogP contribution in [0.2, 0.25) is 0 Å². The molecule has 5 heteroatoms. The summed E-state index contributed by atoms with van der Waals surface area (Å²) in [5, 5.41) is 16.2. The number of nitrogens with zero attached hydrogens (tertiary/aromatic N) is 1. The molecular weight excluding hydrogens is 278 g/mol. The molecular formula is C17H27N3O2. The molecule has 1 aromatic carbocycles. The molecule has 0 radical (unpaired) electrons. The molecule has 1 fully saturated rings. The van der Waals surface area contributed by atoms with E-state index in [1.807, 2.05) is 37.3 Å². The molecule has 1 saturated heterocycles. The lowest BCUT2D eigenvalue weighted by molar-refractivity contribution is 0.114. The molecule has 5 nitrogen and oxygen atoms in total. The molecule has 1 heterocycles. The Bertz CT molecular complexity index is 444. The van der Waals surface area contributed by atoms with Gasteiger partial charge in [-0.2, -0.15) is 0 Å². The van der Waals surface area contributed by atoms with Gasteiger partial charge in [0.05, 0.1) is 19.3 Å². The molecule has 2 atom stereocenters. The molecule has 0 aromatic heterocycles. The maximum atomic E-state index is 9.59. The number of guanidine groups is 1. The summed E-state index contributed by atoms with van der Waals surface area (Å²) in [6.07, 6.45) is 2.53. The Hall–Kier alpha value is -1.59. The van der Waals surface area contributed by atoms with Crippen LogP contribution in [0.1, 0.15) is 31.2 Å². The molecule has 1 aromatic rings. The Balaban J connectivity index is 1.89. The smallest absolute Gasteiger partial charge is 0.191 e. The molecule has 1 aliphatic heterocycles. The number of nitrogens with one attached hydrogen (secondary N) is 2. The third-order valence-corrected chi connectivity index (χ3v) is 3.83. The lowest BCUT2D eigenvalue weighted by Gasteiger charge is -2.17. The second-order valence-corrected chi connectivity index (χ2v) is 5.53. The zero-order valence-corrected chi connectivity index (χ0v) is 13.3. The summed E-state index contributed by atoms with van der Waals surface area (Å²) in [5.74, 6) is 0.812. The minimum absolute atomic E-state index is 0.0272. The highest BCUT2D eigenvalue weighted by Crippen LogP contribution is 2.15. The Labute approximate surface area is 132 Å². The van der Waals surface area contributed by atoms with Crippen molar-refractivity contribution in [1.82, 2.24) is 10.6 Å². The first kappa shape index (κ1) is 16.8. The largest absolute Gasteiger partial charge is 0.396 e. The lowest BCUT2D eigenvalue weighted by atomic mass is 10.0. The minimum atomic E-state index is 0.0272. The molecule has 3 N–H and O–H groups in total. The Morgan fingerprint density at radius 2 is 2.18 bits per heavy atom. The van der Waals surface area contributed by atoms with Gasteiger partial charge >= 0.3 is 0 Å². The molecule has 2 rings (SSSR count). The Morgan fingerprint density at radius 1 is 1.36 bits per heavy atom. The fourth-order valence-electron chi connectivity index (χ4n) is 2.55. The molecule has 22 heavy (non-hydrogen) atoms. The third-order valence-electron chi connectivity index (χ3n) is 3.83. The summed E-state index contributed by atoms with van der Waals surface area (Å²) in [5.41, 5.74) is 1.11. The maximum Gasteiger partial charge on any atom is 0.191 e. The van der Waals surface area contributed by atoms with Gasteiger partial charge in [-0.15, -0.1) is 0 Å². The van der Waals surface area contributed by atoms with E-state index in [4.69, 9.17) is 4.74 Å². The first-order valence-corrected chi connectivity index (χ1v) is 8.13. The second-order valence-electron chi connectivity index (χ2n) is 5.53. The van der Waals surface area contributed by atoms with Crippen molar-refractivity contribution < 1.29 is 9.84 Å². The summed E-state index contributed by atoms with van der Waals surface area (Å²) in [7, 11) is 0. The van der Waals surface area contributed by atoms with Gasteiger partial charge in [-0.1, -0.05) is 30.3 Å². The fraction of sp³-hybridized carbons (Fsp3) is 0.588. The van der Waals surface area contributed by atoms with E-state index in [2.05, 4.69) is 15.6 Å². The van der Waals surface area contributed by atoms with E-state index in [9.17, 15) is 5.11 Å². The highest BCUT2D eigenvalue weighted by atomic mass is 16.5. The zero-order chi connectivity index (χ0) is 15.6.